The molecule has 3 nitrogen and oxygen atoms in total. The van der Waals surface area contributed by atoms with E-state index in [4.69, 9.17) is 32.7 Å². The number of nitrogens with zero attached hydrogens (tertiary/aromatic N) is 1. The molecule has 0 spiro atoms. The SMILES string of the molecule is Clc1cc(Cl)c(CSc2ccc3c(c2)OCCCO3)cn1. The number of rotatable bonds is 3. The van der Waals surface area contributed by atoms with Gasteiger partial charge in [0.15, 0.2) is 11.5 Å². The van der Waals surface area contributed by atoms with Crippen molar-refractivity contribution in [1.82, 2.24) is 4.98 Å². The van der Waals surface area contributed by atoms with Gasteiger partial charge in [-0.15, -0.1) is 11.8 Å². The number of benzene rings is 1. The summed E-state index contributed by atoms with van der Waals surface area (Å²) < 4.78 is 11.3. The van der Waals surface area contributed by atoms with Crippen molar-refractivity contribution in [3.63, 3.8) is 0 Å². The van der Waals surface area contributed by atoms with Crippen molar-refractivity contribution in [3.8, 4) is 11.5 Å². The second kappa shape index (κ2) is 6.77. The summed E-state index contributed by atoms with van der Waals surface area (Å²) >= 11 is 13.6. The first-order valence-corrected chi connectivity index (χ1v) is 8.29. The van der Waals surface area contributed by atoms with Gasteiger partial charge in [-0.2, -0.15) is 0 Å². The van der Waals surface area contributed by atoms with Crippen LogP contribution in [0.5, 0.6) is 11.5 Å². The molecular weight excluding hydrogens is 329 g/mol. The molecule has 1 aliphatic rings. The molecule has 0 radical (unpaired) electrons. The van der Waals surface area contributed by atoms with Crippen LogP contribution in [-0.2, 0) is 5.75 Å². The summed E-state index contributed by atoms with van der Waals surface area (Å²) in [6, 6.07) is 7.63. The minimum atomic E-state index is 0.407. The predicted octanol–water partition coefficient (Wildman–Crippen LogP) is 4.84. The van der Waals surface area contributed by atoms with Gasteiger partial charge >= 0.3 is 0 Å². The quantitative estimate of drug-likeness (QED) is 0.590. The van der Waals surface area contributed by atoms with Crippen LogP contribution in [0.4, 0.5) is 0 Å². The summed E-state index contributed by atoms with van der Waals surface area (Å²) in [6.45, 7) is 1.39. The van der Waals surface area contributed by atoms with E-state index >= 15 is 0 Å². The maximum Gasteiger partial charge on any atom is 0.162 e. The van der Waals surface area contributed by atoms with E-state index in [0.29, 0.717) is 23.4 Å². The monoisotopic (exact) mass is 341 g/mol. The average Bonchev–Trinajstić information content (AvgIpc) is 2.71. The number of ether oxygens (including phenoxy) is 2. The first-order valence-electron chi connectivity index (χ1n) is 6.55. The van der Waals surface area contributed by atoms with Gasteiger partial charge in [0, 0.05) is 28.3 Å². The molecule has 0 saturated carbocycles. The zero-order valence-corrected chi connectivity index (χ0v) is 13.5. The molecule has 3 rings (SSSR count). The second-order valence-electron chi connectivity index (χ2n) is 4.55. The van der Waals surface area contributed by atoms with Gasteiger partial charge < -0.3 is 9.47 Å². The molecule has 0 N–H and O–H groups in total. The van der Waals surface area contributed by atoms with Crippen LogP contribution in [0, 0.1) is 0 Å². The third kappa shape index (κ3) is 3.76. The lowest BCUT2D eigenvalue weighted by Gasteiger charge is -2.09. The summed E-state index contributed by atoms with van der Waals surface area (Å²) in [5.74, 6) is 2.34. The molecule has 0 fully saturated rings. The second-order valence-corrected chi connectivity index (χ2v) is 6.39. The lowest BCUT2D eigenvalue weighted by atomic mass is 10.3. The smallest absolute Gasteiger partial charge is 0.162 e. The molecule has 0 aliphatic carbocycles. The molecule has 1 aromatic heterocycles. The summed E-state index contributed by atoms with van der Waals surface area (Å²) in [7, 11) is 0. The molecule has 2 heterocycles. The highest BCUT2D eigenvalue weighted by atomic mass is 35.5. The van der Waals surface area contributed by atoms with Crippen LogP contribution >= 0.6 is 35.0 Å². The number of hydrogen-bond donors (Lipinski definition) is 0. The Kier molecular flexibility index (Phi) is 4.78. The third-order valence-corrected chi connectivity index (χ3v) is 4.61. The van der Waals surface area contributed by atoms with Gasteiger partial charge in [-0.1, -0.05) is 23.2 Å². The number of pyridine rings is 1. The Hall–Kier alpha value is -1.10. The molecule has 0 atom stereocenters. The van der Waals surface area contributed by atoms with Crippen molar-refractivity contribution in [2.45, 2.75) is 17.1 Å². The summed E-state index contributed by atoms with van der Waals surface area (Å²) in [5.41, 5.74) is 0.957. The Labute approximate surface area is 137 Å². The molecule has 6 heteroatoms. The molecule has 0 unspecified atom stereocenters. The van der Waals surface area contributed by atoms with E-state index in [0.717, 1.165) is 34.1 Å². The highest BCUT2D eigenvalue weighted by Crippen LogP contribution is 2.35. The predicted molar refractivity (Wildman–Crippen MR) is 85.9 cm³/mol. The molecule has 0 saturated heterocycles. The molecule has 2 aromatic rings. The minimum Gasteiger partial charge on any atom is -0.490 e. The van der Waals surface area contributed by atoms with E-state index < -0.39 is 0 Å². The van der Waals surface area contributed by atoms with E-state index in [-0.39, 0.29) is 0 Å². The number of fused-ring (bicyclic) bond motifs is 1. The van der Waals surface area contributed by atoms with Gasteiger partial charge in [-0.3, -0.25) is 0 Å². The summed E-state index contributed by atoms with van der Waals surface area (Å²) in [6.07, 6.45) is 2.62. The number of hydrogen-bond acceptors (Lipinski definition) is 4. The van der Waals surface area contributed by atoms with Gasteiger partial charge in [-0.05, 0) is 29.8 Å². The largest absolute Gasteiger partial charge is 0.490 e. The molecule has 21 heavy (non-hydrogen) atoms. The minimum absolute atomic E-state index is 0.407. The van der Waals surface area contributed by atoms with E-state index in [1.165, 1.54) is 0 Å². The van der Waals surface area contributed by atoms with Crippen LogP contribution < -0.4 is 9.47 Å². The van der Waals surface area contributed by atoms with E-state index in [9.17, 15) is 0 Å². The van der Waals surface area contributed by atoms with Gasteiger partial charge in [-0.25, -0.2) is 4.98 Å². The standard InChI is InChI=1S/C15H13Cl2NO2S/c16-12-7-15(17)18-8-10(12)9-21-11-2-3-13-14(6-11)20-5-1-4-19-13/h2-3,6-8H,1,4-5,9H2. The number of halogens is 2. The zero-order chi connectivity index (χ0) is 14.7. The van der Waals surface area contributed by atoms with Crippen molar-refractivity contribution in [2.75, 3.05) is 13.2 Å². The highest BCUT2D eigenvalue weighted by Gasteiger charge is 2.11. The van der Waals surface area contributed by atoms with Crippen LogP contribution in [0.3, 0.4) is 0 Å². The maximum atomic E-state index is 6.15. The topological polar surface area (TPSA) is 31.4 Å². The molecule has 1 aromatic carbocycles. The first-order chi connectivity index (χ1) is 10.2. The Balaban J connectivity index is 1.72. The summed E-state index contributed by atoms with van der Waals surface area (Å²) in [4.78, 5) is 5.16. The molecule has 110 valence electrons. The van der Waals surface area contributed by atoms with Crippen molar-refractivity contribution < 1.29 is 9.47 Å². The van der Waals surface area contributed by atoms with Crippen molar-refractivity contribution in [3.05, 3.63) is 46.2 Å². The normalized spacial score (nSPS) is 13.8. The van der Waals surface area contributed by atoms with Crippen LogP contribution in [0.2, 0.25) is 10.2 Å². The Morgan fingerprint density at radius 1 is 1.10 bits per heavy atom. The average molecular weight is 342 g/mol. The fourth-order valence-corrected chi connectivity index (χ4v) is 3.36. The summed E-state index contributed by atoms with van der Waals surface area (Å²) in [5, 5.41) is 1.04. The highest BCUT2D eigenvalue weighted by molar-refractivity contribution is 7.98. The first kappa shape index (κ1) is 14.8. The van der Waals surface area contributed by atoms with E-state index in [1.54, 1.807) is 24.0 Å². The van der Waals surface area contributed by atoms with E-state index in [1.807, 2.05) is 18.2 Å². The van der Waals surface area contributed by atoms with Gasteiger partial charge in [0.2, 0.25) is 0 Å². The van der Waals surface area contributed by atoms with Gasteiger partial charge in [0.25, 0.3) is 0 Å². The van der Waals surface area contributed by atoms with Crippen molar-refractivity contribution >= 4 is 35.0 Å². The fourth-order valence-electron chi connectivity index (χ4n) is 1.94. The molecule has 0 amide bonds. The fraction of sp³-hybridized carbons (Fsp3) is 0.267. The lowest BCUT2D eigenvalue weighted by molar-refractivity contribution is 0.297. The van der Waals surface area contributed by atoms with Crippen molar-refractivity contribution in [1.29, 1.82) is 0 Å². The van der Waals surface area contributed by atoms with Crippen LogP contribution in [0.25, 0.3) is 0 Å². The van der Waals surface area contributed by atoms with Crippen LogP contribution in [0.1, 0.15) is 12.0 Å². The molecule has 0 bridgehead atoms. The van der Waals surface area contributed by atoms with Crippen molar-refractivity contribution in [2.24, 2.45) is 0 Å². The van der Waals surface area contributed by atoms with Gasteiger partial charge in [0.1, 0.15) is 5.15 Å². The number of aromatic nitrogens is 1. The Morgan fingerprint density at radius 2 is 1.90 bits per heavy atom. The number of thioether (sulfide) groups is 1. The van der Waals surface area contributed by atoms with Gasteiger partial charge in [0.05, 0.1) is 13.2 Å². The molecule has 1 aliphatic heterocycles. The maximum absolute atomic E-state index is 6.15. The Morgan fingerprint density at radius 3 is 2.71 bits per heavy atom. The van der Waals surface area contributed by atoms with Crippen LogP contribution in [0.15, 0.2) is 35.4 Å². The third-order valence-electron chi connectivity index (χ3n) is 3.01. The van der Waals surface area contributed by atoms with E-state index in [2.05, 4.69) is 4.98 Å². The zero-order valence-electron chi connectivity index (χ0n) is 11.1. The van der Waals surface area contributed by atoms with Crippen LogP contribution in [-0.4, -0.2) is 18.2 Å². The lowest BCUT2D eigenvalue weighted by Crippen LogP contribution is -1.97. The molecular formula is C15H13Cl2NO2S. The Bertz CT molecular complexity index is 652.